The summed E-state index contributed by atoms with van der Waals surface area (Å²) in [5.74, 6) is -1.94. The highest BCUT2D eigenvalue weighted by Gasteiger charge is 2.39. The molecule has 0 saturated carbocycles. The van der Waals surface area contributed by atoms with Gasteiger partial charge in [-0.1, -0.05) is 90.0 Å². The predicted molar refractivity (Wildman–Crippen MR) is 162 cm³/mol. The Morgan fingerprint density at radius 3 is 2.22 bits per heavy atom. The topological polar surface area (TPSA) is 103 Å². The number of fused-ring (bicyclic) bond motifs is 1. The fourth-order valence-electron chi connectivity index (χ4n) is 4.86. The van der Waals surface area contributed by atoms with Crippen LogP contribution in [0.3, 0.4) is 0 Å². The zero-order valence-corrected chi connectivity index (χ0v) is 24.0. The lowest BCUT2D eigenvalue weighted by Gasteiger charge is -2.27. The number of nitrogens with zero attached hydrogens (tertiary/aromatic N) is 1. The van der Waals surface area contributed by atoms with Crippen molar-refractivity contribution in [1.82, 2.24) is 9.88 Å². The molecule has 1 atom stereocenters. The van der Waals surface area contributed by atoms with Gasteiger partial charge in [-0.15, -0.1) is 11.3 Å². The smallest absolute Gasteiger partial charge is 0.338 e. The number of hydrogen-bond acceptors (Lipinski definition) is 6. The van der Waals surface area contributed by atoms with E-state index < -0.39 is 23.4 Å². The molecule has 1 aromatic heterocycles. The Hall–Kier alpha value is -4.69. The average molecular weight is 566 g/mol. The van der Waals surface area contributed by atoms with Gasteiger partial charge in [0.15, 0.2) is 0 Å². The molecule has 0 saturated heterocycles. The van der Waals surface area contributed by atoms with Crippen LogP contribution < -0.4 is 25.8 Å². The van der Waals surface area contributed by atoms with Crippen molar-refractivity contribution in [1.29, 1.82) is 0 Å². The number of carbonyl (C=O) groups excluding carboxylic acids is 2. The van der Waals surface area contributed by atoms with Crippen molar-refractivity contribution < 1.29 is 14.3 Å². The quantitative estimate of drug-likeness (QED) is 0.335. The molecule has 0 bridgehead atoms. The minimum atomic E-state index is -0.837. The zero-order chi connectivity index (χ0) is 29.1. The minimum absolute atomic E-state index is 0.0339. The number of nitrogens with one attached hydrogen (secondary N) is 1. The number of aromatic nitrogens is 1. The summed E-state index contributed by atoms with van der Waals surface area (Å²) >= 11 is 1.18. The van der Waals surface area contributed by atoms with E-state index in [1.807, 2.05) is 92.7 Å². The number of ether oxygens (including phenoxy) is 1. The van der Waals surface area contributed by atoms with Gasteiger partial charge in [-0.05, 0) is 43.5 Å². The molecule has 41 heavy (non-hydrogen) atoms. The molecule has 3 N–H and O–H groups in total. The number of thiazole rings is 1. The van der Waals surface area contributed by atoms with Crippen LogP contribution in [0.1, 0.15) is 40.7 Å². The van der Waals surface area contributed by atoms with Gasteiger partial charge < -0.3 is 15.8 Å². The second-order valence-corrected chi connectivity index (χ2v) is 10.9. The second-order valence-electron chi connectivity index (χ2n) is 9.91. The minimum Gasteiger partial charge on any atom is -0.463 e. The van der Waals surface area contributed by atoms with Crippen LogP contribution in [-0.2, 0) is 20.9 Å². The van der Waals surface area contributed by atoms with E-state index in [0.717, 1.165) is 22.3 Å². The van der Waals surface area contributed by atoms with Gasteiger partial charge in [-0.3, -0.25) is 14.2 Å². The number of carbonyl (C=O) groups is 2. The summed E-state index contributed by atoms with van der Waals surface area (Å²) in [6.45, 7) is 6.04. The summed E-state index contributed by atoms with van der Waals surface area (Å²) < 4.78 is 7.47. The van der Waals surface area contributed by atoms with Crippen LogP contribution in [0.15, 0.2) is 89.2 Å². The predicted octanol–water partition coefficient (Wildman–Crippen LogP) is 3.31. The third-order valence-corrected chi connectivity index (χ3v) is 8.08. The van der Waals surface area contributed by atoms with Crippen LogP contribution in [0.5, 0.6) is 0 Å². The SMILES string of the molecule is CCOC(=O)C1=C(N)n2c(s/c(=C/c3ccc(C)cc3)c2=O)=C(C(=O)NCc2ccccc2)C1c1ccc(C)cc1. The summed E-state index contributed by atoms with van der Waals surface area (Å²) in [6.07, 6.45) is 1.77. The Labute approximate surface area is 241 Å². The molecular formula is C33H31N3O4S. The number of amides is 1. The first-order chi connectivity index (χ1) is 19.8. The van der Waals surface area contributed by atoms with E-state index in [-0.39, 0.29) is 30.1 Å². The van der Waals surface area contributed by atoms with E-state index in [9.17, 15) is 14.4 Å². The van der Waals surface area contributed by atoms with Gasteiger partial charge in [-0.25, -0.2) is 4.79 Å². The van der Waals surface area contributed by atoms with Crippen LogP contribution in [-0.4, -0.2) is 23.1 Å². The molecule has 1 aliphatic heterocycles. The van der Waals surface area contributed by atoms with Crippen molar-refractivity contribution >= 4 is 40.7 Å². The van der Waals surface area contributed by atoms with Crippen molar-refractivity contribution in [3.63, 3.8) is 0 Å². The second kappa shape index (κ2) is 11.8. The molecule has 0 aliphatic carbocycles. The fourth-order valence-corrected chi connectivity index (χ4v) is 6.03. The van der Waals surface area contributed by atoms with E-state index in [4.69, 9.17) is 10.5 Å². The molecule has 7 nitrogen and oxygen atoms in total. The summed E-state index contributed by atoms with van der Waals surface area (Å²) in [7, 11) is 0. The first-order valence-corrected chi connectivity index (χ1v) is 14.2. The van der Waals surface area contributed by atoms with E-state index in [2.05, 4.69) is 5.32 Å². The average Bonchev–Trinajstić information content (AvgIpc) is 3.29. The van der Waals surface area contributed by atoms with Gasteiger partial charge in [0.25, 0.3) is 11.5 Å². The van der Waals surface area contributed by atoms with Gasteiger partial charge in [0.2, 0.25) is 0 Å². The Balaban J connectivity index is 1.78. The number of aryl methyl sites for hydroxylation is 2. The maximum absolute atomic E-state index is 14.1. The lowest BCUT2D eigenvalue weighted by Crippen LogP contribution is -2.43. The van der Waals surface area contributed by atoms with E-state index in [1.54, 1.807) is 13.0 Å². The van der Waals surface area contributed by atoms with Crippen LogP contribution in [0.4, 0.5) is 0 Å². The van der Waals surface area contributed by atoms with Crippen LogP contribution in [0.2, 0.25) is 0 Å². The van der Waals surface area contributed by atoms with Crippen LogP contribution in [0.25, 0.3) is 17.5 Å². The van der Waals surface area contributed by atoms with Gasteiger partial charge in [0, 0.05) is 6.54 Å². The highest BCUT2D eigenvalue weighted by Crippen LogP contribution is 2.37. The molecule has 3 aromatic carbocycles. The van der Waals surface area contributed by atoms with Crippen LogP contribution in [0, 0.1) is 13.8 Å². The first kappa shape index (κ1) is 27.9. The molecule has 4 aromatic rings. The molecule has 208 valence electrons. The molecule has 5 rings (SSSR count). The number of hydrogen-bond donors (Lipinski definition) is 2. The molecule has 0 radical (unpaired) electrons. The fraction of sp³-hybridized carbons (Fsp3) is 0.182. The highest BCUT2D eigenvalue weighted by atomic mass is 32.1. The Kier molecular flexibility index (Phi) is 8.03. The molecule has 2 heterocycles. The molecule has 1 unspecified atom stereocenters. The summed E-state index contributed by atoms with van der Waals surface area (Å²) in [4.78, 5) is 41.3. The van der Waals surface area contributed by atoms with E-state index in [1.165, 1.54) is 15.9 Å². The van der Waals surface area contributed by atoms with Gasteiger partial charge in [-0.2, -0.15) is 0 Å². The standard InChI is InChI=1S/C33H31N3O4S/c1-4-40-33(39)27-26(24-16-12-21(3)13-17-24)28(30(37)35-19-23-8-6-5-7-9-23)32-36(29(27)34)31(38)25(41-32)18-22-14-10-20(2)11-15-22/h5-18,26H,4,19,34H2,1-3H3,(H,35,37)/b25-18+. The van der Waals surface area contributed by atoms with Crippen molar-refractivity contribution in [3.05, 3.63) is 132 Å². The summed E-state index contributed by atoms with van der Waals surface area (Å²) in [5, 5.41) is 3.00. The normalized spacial score (nSPS) is 15.0. The Morgan fingerprint density at radius 1 is 0.951 bits per heavy atom. The van der Waals surface area contributed by atoms with Gasteiger partial charge in [0.1, 0.15) is 10.5 Å². The van der Waals surface area contributed by atoms with E-state index in [0.29, 0.717) is 14.8 Å². The molecular weight excluding hydrogens is 534 g/mol. The lowest BCUT2D eigenvalue weighted by atomic mass is 9.82. The third kappa shape index (κ3) is 5.64. The van der Waals surface area contributed by atoms with Gasteiger partial charge >= 0.3 is 5.97 Å². The monoisotopic (exact) mass is 565 g/mol. The molecule has 1 amide bonds. The first-order valence-electron chi connectivity index (χ1n) is 13.4. The lowest BCUT2D eigenvalue weighted by molar-refractivity contribution is -0.138. The molecule has 0 spiro atoms. The van der Waals surface area contributed by atoms with Crippen molar-refractivity contribution in [2.45, 2.75) is 33.2 Å². The van der Waals surface area contributed by atoms with Gasteiger partial charge in [0.05, 0.1) is 28.2 Å². The molecule has 8 heteroatoms. The Morgan fingerprint density at radius 2 is 1.59 bits per heavy atom. The van der Waals surface area contributed by atoms with Crippen molar-refractivity contribution in [2.24, 2.45) is 5.73 Å². The number of esters is 1. The third-order valence-electron chi connectivity index (χ3n) is 6.97. The highest BCUT2D eigenvalue weighted by molar-refractivity contribution is 7.07. The number of nitrogens with two attached hydrogens (primary N) is 1. The largest absolute Gasteiger partial charge is 0.463 e. The Bertz CT molecular complexity index is 1820. The van der Waals surface area contributed by atoms with E-state index >= 15 is 0 Å². The number of benzene rings is 3. The summed E-state index contributed by atoms with van der Waals surface area (Å²) in [6, 6.07) is 24.9. The molecule has 1 aliphatic rings. The zero-order valence-electron chi connectivity index (χ0n) is 23.1. The maximum atomic E-state index is 14.1. The summed E-state index contributed by atoms with van der Waals surface area (Å²) in [5.41, 5.74) is 11.1. The molecule has 0 fully saturated rings. The van der Waals surface area contributed by atoms with Crippen molar-refractivity contribution in [2.75, 3.05) is 6.61 Å². The van der Waals surface area contributed by atoms with Crippen molar-refractivity contribution in [3.8, 4) is 0 Å². The van der Waals surface area contributed by atoms with Crippen LogP contribution >= 0.6 is 11.3 Å². The number of rotatable bonds is 7. The maximum Gasteiger partial charge on any atom is 0.338 e.